The summed E-state index contributed by atoms with van der Waals surface area (Å²) >= 11 is 0. The summed E-state index contributed by atoms with van der Waals surface area (Å²) in [5.41, 5.74) is 8.62. The first-order chi connectivity index (χ1) is 11.1. The first-order valence-corrected chi connectivity index (χ1v) is 7.94. The van der Waals surface area contributed by atoms with Gasteiger partial charge >= 0.3 is 0 Å². The van der Waals surface area contributed by atoms with Crippen molar-refractivity contribution in [1.29, 1.82) is 5.41 Å². The fourth-order valence-electron chi connectivity index (χ4n) is 2.34. The molecule has 0 aromatic heterocycles. The third-order valence-electron chi connectivity index (χ3n) is 3.68. The standard InChI is InChI=1S/C20H24N2O/c21-18(14-12-16-6-2-1-3-7-16)10-5-11-20(23)17-8-4-9-19(22)15-13-17/h1-3,5-8,10,12-15,18,20,22-23H,4,9,11,21H2. The van der Waals surface area contributed by atoms with Crippen LogP contribution in [0.1, 0.15) is 24.8 Å². The second-order valence-electron chi connectivity index (χ2n) is 5.63. The smallest absolute Gasteiger partial charge is 0.0821 e. The molecule has 1 aromatic carbocycles. The van der Waals surface area contributed by atoms with Gasteiger partial charge < -0.3 is 16.2 Å². The van der Waals surface area contributed by atoms with Crippen molar-refractivity contribution < 1.29 is 5.11 Å². The maximum atomic E-state index is 10.2. The summed E-state index contributed by atoms with van der Waals surface area (Å²) in [5.74, 6) is 0. The first kappa shape index (κ1) is 17.1. The Balaban J connectivity index is 1.83. The second kappa shape index (κ2) is 9.03. The van der Waals surface area contributed by atoms with E-state index in [0.717, 1.165) is 24.0 Å². The molecule has 0 fully saturated rings. The lowest BCUT2D eigenvalue weighted by Gasteiger charge is -2.09. The molecule has 1 aromatic rings. The van der Waals surface area contributed by atoms with E-state index in [1.54, 1.807) is 6.08 Å². The Bertz CT molecular complexity index is 626. The lowest BCUT2D eigenvalue weighted by molar-refractivity contribution is 0.218. The second-order valence-corrected chi connectivity index (χ2v) is 5.63. The van der Waals surface area contributed by atoms with Gasteiger partial charge in [-0.05, 0) is 36.5 Å². The van der Waals surface area contributed by atoms with Crippen molar-refractivity contribution in [3.63, 3.8) is 0 Å². The Morgan fingerprint density at radius 2 is 1.96 bits per heavy atom. The highest BCUT2D eigenvalue weighted by molar-refractivity contribution is 5.93. The molecule has 0 amide bonds. The zero-order valence-electron chi connectivity index (χ0n) is 13.2. The van der Waals surface area contributed by atoms with E-state index >= 15 is 0 Å². The van der Waals surface area contributed by atoms with E-state index in [-0.39, 0.29) is 6.04 Å². The number of benzene rings is 1. The molecule has 0 bridgehead atoms. The van der Waals surface area contributed by atoms with E-state index < -0.39 is 6.10 Å². The van der Waals surface area contributed by atoms with Crippen molar-refractivity contribution in [2.75, 3.05) is 0 Å². The number of allylic oxidation sites excluding steroid dienone is 2. The Morgan fingerprint density at radius 1 is 1.17 bits per heavy atom. The molecule has 2 unspecified atom stereocenters. The molecular formula is C20H24N2O. The zero-order chi connectivity index (χ0) is 16.5. The molecule has 0 heterocycles. The summed E-state index contributed by atoms with van der Waals surface area (Å²) in [6, 6.07) is 9.85. The van der Waals surface area contributed by atoms with Gasteiger partial charge in [-0.15, -0.1) is 0 Å². The van der Waals surface area contributed by atoms with E-state index in [2.05, 4.69) is 0 Å². The third kappa shape index (κ3) is 6.19. The van der Waals surface area contributed by atoms with Crippen molar-refractivity contribution in [2.24, 2.45) is 5.73 Å². The van der Waals surface area contributed by atoms with Crippen LogP contribution in [0.25, 0.3) is 6.08 Å². The molecule has 2 rings (SSSR count). The zero-order valence-corrected chi connectivity index (χ0v) is 13.2. The van der Waals surface area contributed by atoms with E-state index in [1.807, 2.05) is 66.8 Å². The van der Waals surface area contributed by atoms with Gasteiger partial charge in [0.15, 0.2) is 0 Å². The molecular weight excluding hydrogens is 284 g/mol. The largest absolute Gasteiger partial charge is 0.388 e. The Morgan fingerprint density at radius 3 is 2.74 bits per heavy atom. The summed E-state index contributed by atoms with van der Waals surface area (Å²) in [6.45, 7) is 0. The number of nitrogens with one attached hydrogen (secondary N) is 1. The Kier molecular flexibility index (Phi) is 6.73. The van der Waals surface area contributed by atoms with Crippen LogP contribution in [0.3, 0.4) is 0 Å². The molecule has 0 saturated carbocycles. The molecule has 1 aliphatic rings. The van der Waals surface area contributed by atoms with Crippen LogP contribution < -0.4 is 5.73 Å². The number of nitrogens with two attached hydrogens (primary N) is 1. The van der Waals surface area contributed by atoms with E-state index in [1.165, 1.54) is 0 Å². The number of rotatable bonds is 6. The van der Waals surface area contributed by atoms with Crippen molar-refractivity contribution in [2.45, 2.75) is 31.4 Å². The molecule has 3 heteroatoms. The number of aliphatic hydroxyl groups excluding tert-OH is 1. The molecule has 1 aliphatic carbocycles. The van der Waals surface area contributed by atoms with Crippen molar-refractivity contribution >= 4 is 11.8 Å². The molecule has 0 spiro atoms. The molecule has 4 N–H and O–H groups in total. The highest BCUT2D eigenvalue weighted by Gasteiger charge is 2.08. The number of aliphatic hydroxyl groups is 1. The lowest BCUT2D eigenvalue weighted by Crippen LogP contribution is -2.13. The third-order valence-corrected chi connectivity index (χ3v) is 3.68. The fraction of sp³-hybridized carbons (Fsp3) is 0.250. The van der Waals surface area contributed by atoms with Crippen molar-refractivity contribution in [1.82, 2.24) is 0 Å². The normalized spacial score (nSPS) is 18.2. The predicted molar refractivity (Wildman–Crippen MR) is 97.4 cm³/mol. The Hall–Kier alpha value is -2.23. The van der Waals surface area contributed by atoms with Gasteiger partial charge in [0.2, 0.25) is 0 Å². The van der Waals surface area contributed by atoms with Crippen LogP contribution in [0, 0.1) is 5.41 Å². The van der Waals surface area contributed by atoms with Gasteiger partial charge in [-0.25, -0.2) is 0 Å². The molecule has 0 aliphatic heterocycles. The van der Waals surface area contributed by atoms with Crippen molar-refractivity contribution in [3.8, 4) is 0 Å². The maximum absolute atomic E-state index is 10.2. The van der Waals surface area contributed by atoms with Gasteiger partial charge in [0.25, 0.3) is 0 Å². The molecule has 120 valence electrons. The van der Waals surface area contributed by atoms with Gasteiger partial charge in [0.1, 0.15) is 0 Å². The van der Waals surface area contributed by atoms with Gasteiger partial charge in [-0.3, -0.25) is 0 Å². The molecule has 2 atom stereocenters. The van der Waals surface area contributed by atoms with Gasteiger partial charge in [0, 0.05) is 11.8 Å². The summed E-state index contributed by atoms with van der Waals surface area (Å²) in [7, 11) is 0. The highest BCUT2D eigenvalue weighted by atomic mass is 16.3. The summed E-state index contributed by atoms with van der Waals surface area (Å²) in [5, 5.41) is 17.8. The SMILES string of the molecule is N=C1C=CC(C(O)CC=CC(N)C=Cc2ccccc2)=CCC1. The minimum absolute atomic E-state index is 0.172. The van der Waals surface area contributed by atoms with Crippen LogP contribution in [0.2, 0.25) is 0 Å². The van der Waals surface area contributed by atoms with Crippen molar-refractivity contribution in [3.05, 3.63) is 77.9 Å². The molecule has 0 saturated heterocycles. The summed E-state index contributed by atoms with van der Waals surface area (Å²) in [6.07, 6.45) is 14.9. The average molecular weight is 308 g/mol. The minimum Gasteiger partial charge on any atom is -0.388 e. The van der Waals surface area contributed by atoms with E-state index in [0.29, 0.717) is 12.1 Å². The lowest BCUT2D eigenvalue weighted by atomic mass is 10.0. The van der Waals surface area contributed by atoms with Crippen LogP contribution in [-0.4, -0.2) is 23.0 Å². The average Bonchev–Trinajstić information content (AvgIpc) is 2.78. The topological polar surface area (TPSA) is 70.1 Å². The van der Waals surface area contributed by atoms with Crippen LogP contribution >= 0.6 is 0 Å². The Labute approximate surface area is 138 Å². The van der Waals surface area contributed by atoms with Crippen LogP contribution in [0.15, 0.2) is 72.4 Å². The minimum atomic E-state index is -0.543. The van der Waals surface area contributed by atoms with Gasteiger partial charge in [0.05, 0.1) is 6.10 Å². The molecule has 3 nitrogen and oxygen atoms in total. The van der Waals surface area contributed by atoms with Gasteiger partial charge in [-0.1, -0.05) is 66.8 Å². The maximum Gasteiger partial charge on any atom is 0.0821 e. The monoisotopic (exact) mass is 308 g/mol. The van der Waals surface area contributed by atoms with E-state index in [9.17, 15) is 5.11 Å². The summed E-state index contributed by atoms with van der Waals surface area (Å²) < 4.78 is 0. The summed E-state index contributed by atoms with van der Waals surface area (Å²) in [4.78, 5) is 0. The number of hydrogen-bond acceptors (Lipinski definition) is 3. The first-order valence-electron chi connectivity index (χ1n) is 7.94. The predicted octanol–water partition coefficient (Wildman–Crippen LogP) is 3.63. The molecule has 23 heavy (non-hydrogen) atoms. The van der Waals surface area contributed by atoms with E-state index in [4.69, 9.17) is 11.1 Å². The van der Waals surface area contributed by atoms with Crippen LogP contribution in [-0.2, 0) is 0 Å². The highest BCUT2D eigenvalue weighted by Crippen LogP contribution is 2.15. The van der Waals surface area contributed by atoms with Crippen LogP contribution in [0.4, 0.5) is 0 Å². The molecule has 0 radical (unpaired) electrons. The quantitative estimate of drug-likeness (QED) is 0.702. The van der Waals surface area contributed by atoms with Crippen LogP contribution in [0.5, 0.6) is 0 Å². The number of hydrogen-bond donors (Lipinski definition) is 3. The van der Waals surface area contributed by atoms with Gasteiger partial charge in [-0.2, -0.15) is 0 Å². The fourth-order valence-corrected chi connectivity index (χ4v) is 2.34.